The predicted molar refractivity (Wildman–Crippen MR) is 273 cm³/mol. The fraction of sp³-hybridized carbons (Fsp3) is 0.0968. The second-order valence-corrected chi connectivity index (χ2v) is 18.9. The van der Waals surface area contributed by atoms with Crippen LogP contribution < -0.4 is 9.80 Å². The van der Waals surface area contributed by atoms with Crippen molar-refractivity contribution < 1.29 is 4.42 Å². The molecule has 0 fully saturated rings. The average molecular weight is 835 g/mol. The molecule has 0 spiro atoms. The fourth-order valence-corrected chi connectivity index (χ4v) is 11.4. The Hall–Kier alpha value is -7.88. The number of para-hydroxylation sites is 3. The van der Waals surface area contributed by atoms with Crippen molar-refractivity contribution in [1.29, 1.82) is 0 Å². The van der Waals surface area contributed by atoms with Crippen LogP contribution in [0.4, 0.5) is 34.1 Å². The summed E-state index contributed by atoms with van der Waals surface area (Å²) in [6, 6.07) is 75.9. The lowest BCUT2D eigenvalue weighted by Crippen LogP contribution is -2.24. The lowest BCUT2D eigenvalue weighted by atomic mass is 9.68. The minimum absolute atomic E-state index is 0.0509. The molecule has 2 aliphatic rings. The summed E-state index contributed by atoms with van der Waals surface area (Å²) in [7, 11) is 0. The van der Waals surface area contributed by atoms with Gasteiger partial charge in [-0.05, 0) is 151 Å². The van der Waals surface area contributed by atoms with Crippen LogP contribution in [0.1, 0.15) is 49.9 Å². The highest BCUT2D eigenvalue weighted by atomic mass is 16.3. The van der Waals surface area contributed by atoms with Gasteiger partial charge in [-0.25, -0.2) is 0 Å². The van der Waals surface area contributed by atoms with E-state index in [-0.39, 0.29) is 10.8 Å². The van der Waals surface area contributed by atoms with E-state index in [0.717, 1.165) is 56.1 Å². The van der Waals surface area contributed by atoms with Crippen LogP contribution in [0.5, 0.6) is 0 Å². The van der Waals surface area contributed by atoms with Crippen molar-refractivity contribution in [2.24, 2.45) is 0 Å². The van der Waals surface area contributed by atoms with Gasteiger partial charge in [0.05, 0.1) is 0 Å². The SMILES string of the molecule is CC1(C)c2ccccc2-c2cc(N(c3ccccc3)c3ccc4cc5c6c(cccc6c4c3)C(C)(C)c3cc(N(c4ccccc4)c4ccc6c(c4)oc4ccccc46)ccc3-5)ccc21. The molecule has 13 rings (SSSR count). The highest BCUT2D eigenvalue weighted by Crippen LogP contribution is 2.54. The molecule has 0 saturated heterocycles. The van der Waals surface area contributed by atoms with Gasteiger partial charge in [0.2, 0.25) is 0 Å². The average Bonchev–Trinajstić information content (AvgIpc) is 3.82. The predicted octanol–water partition coefficient (Wildman–Crippen LogP) is 17.4. The van der Waals surface area contributed by atoms with Crippen molar-refractivity contribution in [1.82, 2.24) is 0 Å². The maximum atomic E-state index is 6.42. The molecule has 2 aliphatic carbocycles. The summed E-state index contributed by atoms with van der Waals surface area (Å²) in [5, 5.41) is 7.35. The second kappa shape index (κ2) is 13.8. The Morgan fingerprint density at radius 1 is 0.308 bits per heavy atom. The van der Waals surface area contributed by atoms with Gasteiger partial charge in [0.1, 0.15) is 11.2 Å². The lowest BCUT2D eigenvalue weighted by molar-refractivity contribution is 0.645. The van der Waals surface area contributed by atoms with E-state index in [1.54, 1.807) is 0 Å². The summed E-state index contributed by atoms with van der Waals surface area (Å²) in [5.41, 5.74) is 18.8. The molecule has 0 unspecified atom stereocenters. The minimum Gasteiger partial charge on any atom is -0.456 e. The standard InChI is InChI=1S/C62H46N2O/c1-61(2)54-23-13-11-20-46(54)52-36-43(30-33-55(52)61)63(40-16-7-5-8-17-40)42-27-26-39-34-53-47-31-28-44(37-57(47)62(3,4)56-24-15-22-50(60(53)56)51(39)35-42)64(41-18-9-6-10-19-41)45-29-32-49-48-21-12-14-25-58(48)65-59(49)38-45/h5-38H,1-4H3. The quantitative estimate of drug-likeness (QED) is 0.156. The van der Waals surface area contributed by atoms with Crippen LogP contribution in [-0.4, -0.2) is 0 Å². The van der Waals surface area contributed by atoms with E-state index >= 15 is 0 Å². The summed E-state index contributed by atoms with van der Waals surface area (Å²) < 4.78 is 6.42. The molecule has 0 radical (unpaired) electrons. The largest absolute Gasteiger partial charge is 0.456 e. The van der Waals surface area contributed by atoms with Crippen LogP contribution in [0.15, 0.2) is 211 Å². The molecule has 10 aromatic carbocycles. The molecule has 0 bridgehead atoms. The van der Waals surface area contributed by atoms with Crippen molar-refractivity contribution in [2.45, 2.75) is 38.5 Å². The van der Waals surface area contributed by atoms with Gasteiger partial charge in [0.15, 0.2) is 0 Å². The number of nitrogens with zero attached hydrogens (tertiary/aromatic N) is 2. The van der Waals surface area contributed by atoms with Crippen LogP contribution in [0.25, 0.3) is 65.7 Å². The maximum Gasteiger partial charge on any atom is 0.137 e. The van der Waals surface area contributed by atoms with Crippen LogP contribution in [-0.2, 0) is 10.8 Å². The third kappa shape index (κ3) is 5.55. The first-order valence-electron chi connectivity index (χ1n) is 22.7. The van der Waals surface area contributed by atoms with Gasteiger partial charge in [-0.2, -0.15) is 0 Å². The van der Waals surface area contributed by atoms with E-state index in [4.69, 9.17) is 4.42 Å². The first kappa shape index (κ1) is 37.7. The van der Waals surface area contributed by atoms with Gasteiger partial charge >= 0.3 is 0 Å². The number of fused-ring (bicyclic) bond motifs is 10. The van der Waals surface area contributed by atoms with Gasteiger partial charge in [-0.15, -0.1) is 0 Å². The Bertz CT molecular complexity index is 3730. The summed E-state index contributed by atoms with van der Waals surface area (Å²) in [4.78, 5) is 4.79. The third-order valence-corrected chi connectivity index (χ3v) is 14.6. The first-order valence-corrected chi connectivity index (χ1v) is 22.7. The Kier molecular flexibility index (Phi) is 8.00. The molecule has 310 valence electrons. The molecule has 0 aliphatic heterocycles. The number of hydrogen-bond donors (Lipinski definition) is 0. The molecule has 65 heavy (non-hydrogen) atoms. The maximum absolute atomic E-state index is 6.42. The molecule has 0 amide bonds. The monoisotopic (exact) mass is 834 g/mol. The zero-order valence-corrected chi connectivity index (χ0v) is 36.9. The molecule has 0 N–H and O–H groups in total. The van der Waals surface area contributed by atoms with E-state index in [1.807, 2.05) is 12.1 Å². The highest BCUT2D eigenvalue weighted by Gasteiger charge is 2.37. The van der Waals surface area contributed by atoms with Crippen LogP contribution >= 0.6 is 0 Å². The Morgan fingerprint density at radius 3 is 1.66 bits per heavy atom. The Balaban J connectivity index is 0.961. The summed E-state index contributed by atoms with van der Waals surface area (Å²) in [6.07, 6.45) is 0. The molecule has 0 atom stereocenters. The van der Waals surface area contributed by atoms with Crippen molar-refractivity contribution in [2.75, 3.05) is 9.80 Å². The summed E-state index contributed by atoms with van der Waals surface area (Å²) in [6.45, 7) is 9.48. The van der Waals surface area contributed by atoms with Crippen molar-refractivity contribution in [3.8, 4) is 22.3 Å². The Labute approximate surface area is 379 Å². The third-order valence-electron chi connectivity index (χ3n) is 14.6. The van der Waals surface area contributed by atoms with Crippen LogP contribution in [0, 0.1) is 0 Å². The zero-order chi connectivity index (χ0) is 43.6. The lowest BCUT2D eigenvalue weighted by Gasteiger charge is -2.37. The minimum atomic E-state index is -0.279. The number of anilines is 6. The molecule has 3 heteroatoms. The topological polar surface area (TPSA) is 19.6 Å². The smallest absolute Gasteiger partial charge is 0.137 e. The molecular weight excluding hydrogens is 789 g/mol. The summed E-state index contributed by atoms with van der Waals surface area (Å²) >= 11 is 0. The van der Waals surface area contributed by atoms with E-state index in [0.29, 0.717) is 0 Å². The second-order valence-electron chi connectivity index (χ2n) is 18.9. The van der Waals surface area contributed by atoms with E-state index in [9.17, 15) is 0 Å². The van der Waals surface area contributed by atoms with Crippen LogP contribution in [0.3, 0.4) is 0 Å². The van der Waals surface area contributed by atoms with Gasteiger partial charge in [0.25, 0.3) is 0 Å². The zero-order valence-electron chi connectivity index (χ0n) is 36.9. The Morgan fingerprint density at radius 2 is 0.862 bits per heavy atom. The fourth-order valence-electron chi connectivity index (χ4n) is 11.4. The van der Waals surface area contributed by atoms with Gasteiger partial charge in [-0.1, -0.05) is 143 Å². The van der Waals surface area contributed by atoms with E-state index < -0.39 is 0 Å². The molecule has 0 saturated carbocycles. The van der Waals surface area contributed by atoms with Crippen LogP contribution in [0.2, 0.25) is 0 Å². The molecule has 1 heterocycles. The van der Waals surface area contributed by atoms with Gasteiger partial charge < -0.3 is 14.2 Å². The van der Waals surface area contributed by atoms with E-state index in [2.05, 4.69) is 232 Å². The molecule has 1 aromatic heterocycles. The van der Waals surface area contributed by atoms with Gasteiger partial charge in [0, 0.05) is 61.8 Å². The van der Waals surface area contributed by atoms with Gasteiger partial charge in [-0.3, -0.25) is 0 Å². The number of furan rings is 1. The number of benzene rings is 10. The van der Waals surface area contributed by atoms with Crippen molar-refractivity contribution in [3.63, 3.8) is 0 Å². The van der Waals surface area contributed by atoms with E-state index in [1.165, 1.54) is 66.1 Å². The van der Waals surface area contributed by atoms with Crippen molar-refractivity contribution in [3.05, 3.63) is 229 Å². The highest BCUT2D eigenvalue weighted by molar-refractivity contribution is 6.17. The number of hydrogen-bond acceptors (Lipinski definition) is 3. The summed E-state index contributed by atoms with van der Waals surface area (Å²) in [5.74, 6) is 0. The molecule has 11 aromatic rings. The normalized spacial score (nSPS) is 14.1. The molecule has 3 nitrogen and oxygen atoms in total. The molecular formula is C62H46N2O. The first-order chi connectivity index (χ1) is 31.7. The number of rotatable bonds is 6. The van der Waals surface area contributed by atoms with Crippen molar-refractivity contribution >= 4 is 77.6 Å².